The molecule has 41 nitrogen and oxygen atoms in total. The Morgan fingerprint density at radius 1 is 0.734 bits per heavy atom. The second kappa shape index (κ2) is 39.6. The Hall–Kier alpha value is -12.1. The van der Waals surface area contributed by atoms with Crippen molar-refractivity contribution in [3.05, 3.63) is 174 Å². The summed E-state index contributed by atoms with van der Waals surface area (Å²) >= 11 is 20.2. The smallest absolute Gasteiger partial charge is 0.349 e. The Bertz CT molecular complexity index is 5570. The number of anilines is 1. The maximum atomic E-state index is 16.4. The maximum Gasteiger partial charge on any atom is 0.349 e. The van der Waals surface area contributed by atoms with E-state index < -0.39 is 259 Å². The number of benzene rings is 6. The number of aromatic nitrogens is 2. The molecule has 45 heteroatoms. The van der Waals surface area contributed by atoms with Crippen LogP contribution in [0.1, 0.15) is 111 Å². The fourth-order valence-electron chi connectivity index (χ4n) is 15.5. The molecule has 128 heavy (non-hydrogen) atoms. The zero-order valence-electron chi connectivity index (χ0n) is 68.6. The minimum Gasteiger partial charge on any atom is -0.508 e. The molecular formula is C83H92Cl3FN16O25. The summed E-state index contributed by atoms with van der Waals surface area (Å²) in [4.78, 5) is 155. The summed E-state index contributed by atoms with van der Waals surface area (Å²) in [6, 6.07) is 4.70. The second-order valence-corrected chi connectivity index (χ2v) is 33.0. The normalized spacial score (nSPS) is 26.1. The first-order valence-electron chi connectivity index (χ1n) is 40.2. The molecule has 2 fully saturated rings. The predicted molar refractivity (Wildman–Crippen MR) is 449 cm³/mol. The van der Waals surface area contributed by atoms with Crippen molar-refractivity contribution >= 4 is 99.7 Å². The zero-order chi connectivity index (χ0) is 92.2. The molecule has 0 aliphatic carbocycles. The lowest BCUT2D eigenvalue weighted by atomic mass is 9.85. The van der Waals surface area contributed by atoms with Gasteiger partial charge < -0.3 is 133 Å². The third kappa shape index (κ3) is 21.0. The number of rotatable bonds is 20. The van der Waals surface area contributed by atoms with Gasteiger partial charge in [0, 0.05) is 55.0 Å². The van der Waals surface area contributed by atoms with Crippen LogP contribution in [0.5, 0.6) is 46.0 Å². The molecule has 15 rings (SSSR count). The Morgan fingerprint density at radius 2 is 1.41 bits per heavy atom. The first kappa shape index (κ1) is 93.5. The molecule has 8 aliphatic heterocycles. The van der Waals surface area contributed by atoms with E-state index in [-0.39, 0.29) is 84.1 Å². The van der Waals surface area contributed by atoms with Crippen LogP contribution >= 0.6 is 34.8 Å². The number of phenolic OH excluding ortho intramolecular Hbond substituents is 3. The van der Waals surface area contributed by atoms with E-state index in [9.17, 15) is 74.3 Å². The van der Waals surface area contributed by atoms with Crippen LogP contribution < -0.4 is 89.7 Å². The molecule has 0 radical (unpaired) electrons. The van der Waals surface area contributed by atoms with Crippen LogP contribution in [-0.4, -0.2) is 227 Å². The van der Waals surface area contributed by atoms with E-state index in [1.165, 1.54) is 55.1 Å². The van der Waals surface area contributed by atoms with E-state index in [4.69, 9.17) is 69.0 Å². The number of fused-ring (bicyclic) bond motifs is 15. The molecule has 1 aromatic heterocycles. The number of ether oxygens (including phenoxy) is 6. The standard InChI is InChI=1S/C83H92Cl3FN16O25/c1-33(2)20-47(89-5)73(115)99-64-66(110)37-8-12-51(44(85)24-37)124-53-26-39-27-54(70(53)128-80-71(69(113)68(112)55(32-104)126-80)127-59-31-83(4,72(114)34(3)123-59)92-17-19-103-18-14-57(95-82(103)122)94-58(109)22-35-6-10-43(84)46(87)21-35)125-52-13-9-38(25-45(52)86)67(111)65-78(120)98-63(79(121)101-102-81-90-15-16-91-81)42-28-40(105)29-50(107)60(42)41-23-36(7-11-49(41)106)61(75(117)100-65)97-76(118)62(39)96-74(116)48(30-56(88)108)93-77(64)119/h6-14,18,21,23-29,33-34,47-48,55,59,61-69,71-72,80,89,92,104-107,110-114H,15-17,19-20,22,30-32H2,1-5H3,(H2,88,108)(H,93,119)(H,96,116)(H,97,118)(H,98,120)(H,99,115)(H,100,117)(H,101,121)(H2,90,91,102)(H,94,95,109,122)/t34?,47?,48?,55?,59?,61?,62?,63-,64?,65?,66?,67?,68?,69?,71?,72?,80?,83-/m1/s1. The molecule has 0 saturated carbocycles. The summed E-state index contributed by atoms with van der Waals surface area (Å²) in [7, 11) is 1.46. The summed E-state index contributed by atoms with van der Waals surface area (Å²) in [5.41, 5.74) is 6.16. The molecule has 9 heterocycles. The second-order valence-electron chi connectivity index (χ2n) is 31.7. The number of aliphatic hydroxyl groups is 6. The van der Waals surface area contributed by atoms with E-state index in [2.05, 4.69) is 74.0 Å². The van der Waals surface area contributed by atoms with Gasteiger partial charge in [-0.15, -0.1) is 0 Å². The maximum absolute atomic E-state index is 16.4. The van der Waals surface area contributed by atoms with Gasteiger partial charge in [0.25, 0.3) is 5.91 Å². The number of hydrazine groups is 1. The van der Waals surface area contributed by atoms with Crippen molar-refractivity contribution in [2.75, 3.05) is 38.6 Å². The van der Waals surface area contributed by atoms with Crippen LogP contribution in [0.2, 0.25) is 15.1 Å². The number of nitrogens with one attached hydrogen (secondary N) is 12. The summed E-state index contributed by atoms with van der Waals surface area (Å²) in [6.07, 6.45) is -18.6. The van der Waals surface area contributed by atoms with E-state index in [1.807, 2.05) is 13.8 Å². The van der Waals surface area contributed by atoms with Crippen molar-refractivity contribution < 1.29 is 122 Å². The highest BCUT2D eigenvalue weighted by Gasteiger charge is 2.52. The van der Waals surface area contributed by atoms with Gasteiger partial charge in [0.15, 0.2) is 23.9 Å². The minimum atomic E-state index is -2.40. The number of guanidine groups is 1. The van der Waals surface area contributed by atoms with Gasteiger partial charge in [-0.1, -0.05) is 72.9 Å². The van der Waals surface area contributed by atoms with E-state index in [0.29, 0.717) is 12.1 Å². The van der Waals surface area contributed by atoms with Gasteiger partial charge in [0.1, 0.15) is 107 Å². The number of halogens is 4. The number of amides is 9. The minimum absolute atomic E-state index is 0.0641. The number of primary amides is 1. The number of nitrogens with two attached hydrogens (primary N) is 1. The highest BCUT2D eigenvalue weighted by molar-refractivity contribution is 6.32. The molecule has 0 spiro atoms. The highest BCUT2D eigenvalue weighted by Crippen LogP contribution is 2.50. The van der Waals surface area contributed by atoms with Gasteiger partial charge in [0.2, 0.25) is 65.3 Å². The molecule has 18 atom stereocenters. The molecule has 9 amide bonds. The fourth-order valence-corrected chi connectivity index (χ4v) is 16.1. The van der Waals surface area contributed by atoms with E-state index in [0.717, 1.165) is 72.8 Å². The lowest BCUT2D eigenvalue weighted by Crippen LogP contribution is -2.65. The Kier molecular flexibility index (Phi) is 28.9. The first-order chi connectivity index (χ1) is 60.8. The molecule has 682 valence electrons. The summed E-state index contributed by atoms with van der Waals surface area (Å²) in [5.74, 6) is -16.9. The SMILES string of the molecule is CNC(CC(C)C)C(=O)NC1C(=O)NC(CC(N)=O)C(=O)NC2C(=O)NC3C(=O)NC(C(=O)N[C@@H](C(=O)NNC4=NCCN4)c4cc(O)cc(O)c4-c4cc3ccc4O)C(O)c3ccc(c(Cl)c3)Oc3cc2cc(c3OC2OC(CO)C(O)C(O)C2OC2C[C@@](C)(NCCn3ccc(NC(=O)Cc4ccc(Cl)c(F)c4)nc3=O)C(O)C(C)O2)Oc2ccc(cc2Cl)C1O. The lowest BCUT2D eigenvalue weighted by Gasteiger charge is -2.48. The molecule has 7 aromatic rings. The van der Waals surface area contributed by atoms with Crippen LogP contribution in [0.15, 0.2) is 119 Å². The van der Waals surface area contributed by atoms with Crippen LogP contribution in [0.25, 0.3) is 11.1 Å². The quantitative estimate of drug-likeness (QED) is 0.0461. The van der Waals surface area contributed by atoms with Crippen molar-refractivity contribution in [3.63, 3.8) is 0 Å². The Morgan fingerprint density at radius 3 is 2.05 bits per heavy atom. The number of hydrogen-bond donors (Lipinski definition) is 22. The number of aliphatic hydroxyl groups excluding tert-OH is 6. The number of hydrogen-bond acceptors (Lipinski definition) is 31. The average molecular weight is 1840 g/mol. The summed E-state index contributed by atoms with van der Waals surface area (Å²) in [5, 5.41) is 132. The van der Waals surface area contributed by atoms with Crippen molar-refractivity contribution in [2.24, 2.45) is 16.6 Å². The molecule has 2 saturated heterocycles. The third-order valence-corrected chi connectivity index (χ3v) is 23.0. The fraction of sp³-hybridized carbons (Fsp3) is 0.398. The number of phenols is 3. The Balaban J connectivity index is 0.941. The topological polar surface area (TPSA) is 609 Å². The molecule has 6 aromatic carbocycles. The average Bonchev–Trinajstić information content (AvgIpc) is 0.891. The van der Waals surface area contributed by atoms with Crippen LogP contribution in [0, 0.1) is 11.7 Å². The Labute approximate surface area is 741 Å². The van der Waals surface area contributed by atoms with Crippen LogP contribution in [0.3, 0.4) is 0 Å². The van der Waals surface area contributed by atoms with Gasteiger partial charge in [-0.05, 0) is 139 Å². The highest BCUT2D eigenvalue weighted by atomic mass is 35.5. The third-order valence-electron chi connectivity index (χ3n) is 22.1. The van der Waals surface area contributed by atoms with Crippen molar-refractivity contribution in [3.8, 4) is 57.1 Å². The number of aromatic hydroxyl groups is 3. The zero-order valence-corrected chi connectivity index (χ0v) is 70.9. The number of nitrogens with zero attached hydrogens (tertiary/aromatic N) is 3. The summed E-state index contributed by atoms with van der Waals surface area (Å²) in [6.45, 7) is 6.13. The van der Waals surface area contributed by atoms with E-state index >= 15 is 24.0 Å². The largest absolute Gasteiger partial charge is 0.508 e. The number of carbonyl (C=O) groups is 9. The molecule has 11 bridgehead atoms. The van der Waals surface area contributed by atoms with Gasteiger partial charge in [0.05, 0.1) is 59.3 Å². The van der Waals surface area contributed by atoms with Crippen LogP contribution in [0.4, 0.5) is 10.2 Å². The number of likely N-dealkylation sites (N-methyl/N-ethyl adjacent to an activating group) is 1. The molecule has 16 unspecified atom stereocenters. The summed E-state index contributed by atoms with van der Waals surface area (Å²) < 4.78 is 54.8. The van der Waals surface area contributed by atoms with Crippen LogP contribution in [-0.2, 0) is 70.3 Å². The molecule has 8 aliphatic rings. The van der Waals surface area contributed by atoms with Gasteiger partial charge in [-0.25, -0.2) is 9.18 Å². The van der Waals surface area contributed by atoms with Crippen molar-refractivity contribution in [1.82, 2.24) is 68.3 Å². The molecule has 23 N–H and O–H groups in total. The van der Waals surface area contributed by atoms with Gasteiger partial charge >= 0.3 is 5.69 Å². The predicted octanol–water partition coefficient (Wildman–Crippen LogP) is 0.463. The molecular weight excluding hydrogens is 1750 g/mol. The van der Waals surface area contributed by atoms with Gasteiger partial charge in [-0.2, -0.15) is 4.98 Å². The van der Waals surface area contributed by atoms with E-state index in [1.54, 1.807) is 6.92 Å². The van der Waals surface area contributed by atoms with Crippen molar-refractivity contribution in [2.45, 2.75) is 169 Å². The van der Waals surface area contributed by atoms with Crippen molar-refractivity contribution in [1.29, 1.82) is 0 Å². The first-order valence-corrected chi connectivity index (χ1v) is 41.3. The number of aliphatic imine (C=N–C) groups is 1. The lowest BCUT2D eigenvalue weighted by molar-refractivity contribution is -0.334. The monoisotopic (exact) mass is 1840 g/mol. The van der Waals surface area contributed by atoms with Gasteiger partial charge in [-0.3, -0.25) is 63.6 Å². The number of carbonyl (C=O) groups excluding carboxylic acids is 9.